The van der Waals surface area contributed by atoms with Crippen molar-refractivity contribution in [3.8, 4) is 0 Å². The van der Waals surface area contributed by atoms with Gasteiger partial charge in [-0.3, -0.25) is 4.79 Å². The Kier molecular flexibility index (Phi) is 4.51. The molecule has 2 aliphatic rings. The van der Waals surface area contributed by atoms with E-state index in [0.717, 1.165) is 22.8 Å². The molecule has 5 nitrogen and oxygen atoms in total. The van der Waals surface area contributed by atoms with Crippen LogP contribution in [0.1, 0.15) is 33.0 Å². The Labute approximate surface area is 131 Å². The fraction of sp³-hybridized carbons (Fsp3) is 0.571. The summed E-state index contributed by atoms with van der Waals surface area (Å²) in [5.74, 6) is 1.11. The summed E-state index contributed by atoms with van der Waals surface area (Å²) >= 11 is 3.47. The van der Waals surface area contributed by atoms with Crippen LogP contribution < -0.4 is 5.32 Å². The molecule has 0 bridgehead atoms. The number of carboxylic acid groups (broad SMARTS) is 1. The smallest absolute Gasteiger partial charge is 0.332 e. The molecule has 0 aliphatic carbocycles. The van der Waals surface area contributed by atoms with Crippen LogP contribution in [0.5, 0.6) is 0 Å². The lowest BCUT2D eigenvalue weighted by atomic mass is 10.2. The molecular weight excluding hydrogens is 310 g/mol. The Bertz CT molecular complexity index is 534. The molecule has 2 unspecified atom stereocenters. The van der Waals surface area contributed by atoms with Gasteiger partial charge >= 0.3 is 5.97 Å². The number of amides is 1. The molecule has 21 heavy (non-hydrogen) atoms. The van der Waals surface area contributed by atoms with Crippen molar-refractivity contribution in [3.63, 3.8) is 0 Å². The van der Waals surface area contributed by atoms with Gasteiger partial charge in [-0.25, -0.2) is 4.79 Å². The minimum absolute atomic E-state index is 0.0817. The molecule has 1 amide bonds. The molecule has 3 heterocycles. The summed E-state index contributed by atoms with van der Waals surface area (Å²) in [7, 11) is 0. The van der Waals surface area contributed by atoms with Crippen LogP contribution in [0.25, 0.3) is 0 Å². The first kappa shape index (κ1) is 14.9. The SMILES string of the molecule is O=C(NCC1CCC(C(=O)O)O1)c1cc2c(s1)CCSC2. The third-order valence-electron chi connectivity index (χ3n) is 3.72. The number of hydrogen-bond donors (Lipinski definition) is 2. The van der Waals surface area contributed by atoms with Gasteiger partial charge in [0.05, 0.1) is 11.0 Å². The molecule has 2 N–H and O–H groups in total. The maximum absolute atomic E-state index is 12.2. The van der Waals surface area contributed by atoms with E-state index in [1.807, 2.05) is 17.8 Å². The monoisotopic (exact) mass is 327 g/mol. The average molecular weight is 327 g/mol. The highest BCUT2D eigenvalue weighted by atomic mass is 32.2. The zero-order valence-corrected chi connectivity index (χ0v) is 13.1. The number of carboxylic acids is 1. The first-order valence-corrected chi connectivity index (χ1v) is 8.96. The lowest BCUT2D eigenvalue weighted by Crippen LogP contribution is -2.32. The van der Waals surface area contributed by atoms with Gasteiger partial charge in [0.1, 0.15) is 0 Å². The molecule has 1 aromatic heterocycles. The largest absolute Gasteiger partial charge is 0.479 e. The molecule has 0 radical (unpaired) electrons. The van der Waals surface area contributed by atoms with Crippen molar-refractivity contribution < 1.29 is 19.4 Å². The van der Waals surface area contributed by atoms with E-state index in [4.69, 9.17) is 9.84 Å². The molecular formula is C14H17NO4S2. The fourth-order valence-electron chi connectivity index (χ4n) is 2.59. The number of ether oxygens (including phenoxy) is 1. The number of thioether (sulfide) groups is 1. The quantitative estimate of drug-likeness (QED) is 0.883. The number of rotatable bonds is 4. The van der Waals surface area contributed by atoms with Gasteiger partial charge < -0.3 is 15.2 Å². The van der Waals surface area contributed by atoms with Gasteiger partial charge in [-0.05, 0) is 36.6 Å². The maximum Gasteiger partial charge on any atom is 0.332 e. The molecule has 1 fully saturated rings. The van der Waals surface area contributed by atoms with Crippen LogP contribution in [-0.4, -0.2) is 41.5 Å². The van der Waals surface area contributed by atoms with Crippen molar-refractivity contribution in [1.82, 2.24) is 5.32 Å². The van der Waals surface area contributed by atoms with E-state index in [1.54, 1.807) is 11.3 Å². The van der Waals surface area contributed by atoms with E-state index >= 15 is 0 Å². The third-order valence-corrected chi connectivity index (χ3v) is 5.97. The number of aliphatic carboxylic acids is 1. The Balaban J connectivity index is 1.53. The Morgan fingerprint density at radius 2 is 2.29 bits per heavy atom. The first-order chi connectivity index (χ1) is 10.1. The van der Waals surface area contributed by atoms with Gasteiger partial charge in [-0.2, -0.15) is 11.8 Å². The summed E-state index contributed by atoms with van der Waals surface area (Å²) in [4.78, 5) is 25.0. The lowest BCUT2D eigenvalue weighted by molar-refractivity contribution is -0.149. The number of carbonyl (C=O) groups excluding carboxylic acids is 1. The van der Waals surface area contributed by atoms with Crippen LogP contribution in [0.3, 0.4) is 0 Å². The second-order valence-corrected chi connectivity index (χ2v) is 7.48. The Hall–Kier alpha value is -1.05. The summed E-state index contributed by atoms with van der Waals surface area (Å²) < 4.78 is 5.38. The molecule has 114 valence electrons. The van der Waals surface area contributed by atoms with Crippen LogP contribution in [0.4, 0.5) is 0 Å². The number of thiophene rings is 1. The molecule has 2 atom stereocenters. The first-order valence-electron chi connectivity index (χ1n) is 6.99. The molecule has 3 rings (SSSR count). The van der Waals surface area contributed by atoms with Crippen molar-refractivity contribution in [2.24, 2.45) is 0 Å². The van der Waals surface area contributed by atoms with Crippen molar-refractivity contribution in [1.29, 1.82) is 0 Å². The highest BCUT2D eigenvalue weighted by Crippen LogP contribution is 2.31. The van der Waals surface area contributed by atoms with Crippen molar-refractivity contribution >= 4 is 35.0 Å². The fourth-order valence-corrected chi connectivity index (χ4v) is 4.88. The molecule has 0 aromatic carbocycles. The van der Waals surface area contributed by atoms with Gasteiger partial charge in [0, 0.05) is 17.2 Å². The van der Waals surface area contributed by atoms with E-state index in [9.17, 15) is 9.59 Å². The van der Waals surface area contributed by atoms with Crippen molar-refractivity contribution in [2.45, 2.75) is 37.2 Å². The van der Waals surface area contributed by atoms with E-state index in [0.29, 0.717) is 19.4 Å². The highest BCUT2D eigenvalue weighted by Gasteiger charge is 2.30. The summed E-state index contributed by atoms with van der Waals surface area (Å²) in [5, 5.41) is 11.7. The van der Waals surface area contributed by atoms with Gasteiger partial charge in [-0.15, -0.1) is 11.3 Å². The predicted octanol–water partition coefficient (Wildman–Crippen LogP) is 1.90. The van der Waals surface area contributed by atoms with Crippen molar-refractivity contribution in [3.05, 3.63) is 21.4 Å². The number of fused-ring (bicyclic) bond motifs is 1. The lowest BCUT2D eigenvalue weighted by Gasteiger charge is -2.11. The van der Waals surface area contributed by atoms with Gasteiger partial charge in [0.25, 0.3) is 5.91 Å². The predicted molar refractivity (Wildman–Crippen MR) is 82.0 cm³/mol. The van der Waals surface area contributed by atoms with Gasteiger partial charge in [-0.1, -0.05) is 0 Å². The normalized spacial score (nSPS) is 24.6. The third kappa shape index (κ3) is 3.41. The number of hydrogen-bond acceptors (Lipinski definition) is 5. The summed E-state index contributed by atoms with van der Waals surface area (Å²) in [6, 6.07) is 1.98. The standard InChI is InChI=1S/C14H17NO4S2/c16-13(12-5-8-7-20-4-3-11(8)21-12)15-6-9-1-2-10(19-9)14(17)18/h5,9-10H,1-4,6-7H2,(H,15,16)(H,17,18). The second kappa shape index (κ2) is 6.37. The van der Waals surface area contributed by atoms with E-state index in [-0.39, 0.29) is 12.0 Å². The van der Waals surface area contributed by atoms with E-state index in [2.05, 4.69) is 5.32 Å². The molecule has 2 aliphatic heterocycles. The molecule has 7 heteroatoms. The zero-order valence-electron chi connectivity index (χ0n) is 11.5. The van der Waals surface area contributed by atoms with Gasteiger partial charge in [0.15, 0.2) is 6.10 Å². The second-order valence-electron chi connectivity index (χ2n) is 5.23. The highest BCUT2D eigenvalue weighted by molar-refractivity contribution is 7.98. The van der Waals surface area contributed by atoms with E-state index < -0.39 is 12.1 Å². The summed E-state index contributed by atoms with van der Waals surface area (Å²) in [6.07, 6.45) is 1.32. The number of carbonyl (C=O) groups is 2. The topological polar surface area (TPSA) is 75.6 Å². The van der Waals surface area contributed by atoms with Crippen LogP contribution >= 0.6 is 23.1 Å². The average Bonchev–Trinajstić information content (AvgIpc) is 3.11. The molecule has 1 aromatic rings. The Morgan fingerprint density at radius 1 is 1.43 bits per heavy atom. The van der Waals surface area contributed by atoms with E-state index in [1.165, 1.54) is 10.4 Å². The zero-order chi connectivity index (χ0) is 14.8. The minimum atomic E-state index is -0.924. The van der Waals surface area contributed by atoms with Crippen LogP contribution in [0.2, 0.25) is 0 Å². The summed E-state index contributed by atoms with van der Waals surface area (Å²) in [5.41, 5.74) is 1.28. The van der Waals surface area contributed by atoms with Crippen LogP contribution in [0.15, 0.2) is 6.07 Å². The van der Waals surface area contributed by atoms with Crippen LogP contribution in [-0.2, 0) is 21.7 Å². The Morgan fingerprint density at radius 3 is 3.00 bits per heavy atom. The number of aryl methyl sites for hydroxylation is 1. The molecule has 0 saturated carbocycles. The molecule has 1 saturated heterocycles. The summed E-state index contributed by atoms with van der Waals surface area (Å²) in [6.45, 7) is 0.375. The molecule has 0 spiro atoms. The minimum Gasteiger partial charge on any atom is -0.479 e. The van der Waals surface area contributed by atoms with Crippen LogP contribution in [0, 0.1) is 0 Å². The maximum atomic E-state index is 12.2. The number of nitrogens with one attached hydrogen (secondary N) is 1. The van der Waals surface area contributed by atoms with Crippen molar-refractivity contribution in [2.75, 3.05) is 12.3 Å². The van der Waals surface area contributed by atoms with Gasteiger partial charge in [0.2, 0.25) is 0 Å².